The van der Waals surface area contributed by atoms with Crippen molar-refractivity contribution in [2.75, 3.05) is 0 Å². The van der Waals surface area contributed by atoms with Crippen molar-refractivity contribution in [3.8, 4) is 10.6 Å². The number of esters is 1. The van der Waals surface area contributed by atoms with E-state index in [1.165, 1.54) is 0 Å². The van der Waals surface area contributed by atoms with Gasteiger partial charge in [-0.3, -0.25) is 4.79 Å². The second kappa shape index (κ2) is 9.41. The zero-order chi connectivity index (χ0) is 23.5. The minimum atomic E-state index is -1.06. The van der Waals surface area contributed by atoms with Gasteiger partial charge in [0.15, 0.2) is 6.10 Å². The summed E-state index contributed by atoms with van der Waals surface area (Å²) >= 11 is 1.55. The highest BCUT2D eigenvalue weighted by atomic mass is 32.1. The Morgan fingerprint density at radius 2 is 1.59 bits per heavy atom. The summed E-state index contributed by atoms with van der Waals surface area (Å²) < 4.78 is 5.94. The van der Waals surface area contributed by atoms with E-state index in [9.17, 15) is 9.59 Å². The van der Waals surface area contributed by atoms with Crippen LogP contribution in [0.3, 0.4) is 0 Å². The second-order valence-corrected chi connectivity index (χ2v) is 8.92. The van der Waals surface area contributed by atoms with Gasteiger partial charge in [-0.15, -0.1) is 11.3 Å². The normalized spacial score (nSPS) is 11.8. The number of fused-ring (bicyclic) bond motifs is 1. The first-order valence-electron chi connectivity index (χ1n) is 10.9. The predicted molar refractivity (Wildman–Crippen MR) is 135 cm³/mol. The molecule has 2 aromatic heterocycles. The molecule has 5 heteroatoms. The fraction of sp³-hybridized carbons (Fsp3) is 0.0690. The molecule has 0 saturated heterocycles. The van der Waals surface area contributed by atoms with Gasteiger partial charge >= 0.3 is 5.97 Å². The number of para-hydroxylation sites is 1. The van der Waals surface area contributed by atoms with Crippen LogP contribution in [0.15, 0.2) is 102 Å². The van der Waals surface area contributed by atoms with Gasteiger partial charge < -0.3 is 4.74 Å². The number of ether oxygens (including phenoxy) is 1. The molecular formula is C29H21NO3S. The average molecular weight is 464 g/mol. The van der Waals surface area contributed by atoms with Crippen molar-refractivity contribution in [2.45, 2.75) is 13.0 Å². The number of hydrogen-bond donors (Lipinski definition) is 0. The molecule has 0 fully saturated rings. The van der Waals surface area contributed by atoms with E-state index < -0.39 is 12.1 Å². The van der Waals surface area contributed by atoms with Crippen LogP contribution >= 0.6 is 11.3 Å². The lowest BCUT2D eigenvalue weighted by Gasteiger charge is -2.18. The Bertz CT molecular complexity index is 1460. The van der Waals surface area contributed by atoms with Gasteiger partial charge in [0, 0.05) is 16.5 Å². The van der Waals surface area contributed by atoms with E-state index in [0.717, 1.165) is 10.4 Å². The smallest absolute Gasteiger partial charge is 0.339 e. The van der Waals surface area contributed by atoms with Crippen LogP contribution in [0.5, 0.6) is 0 Å². The highest BCUT2D eigenvalue weighted by molar-refractivity contribution is 7.13. The van der Waals surface area contributed by atoms with Gasteiger partial charge in [0.25, 0.3) is 0 Å². The molecule has 4 nitrogen and oxygen atoms in total. The van der Waals surface area contributed by atoms with Crippen LogP contribution < -0.4 is 0 Å². The van der Waals surface area contributed by atoms with Crippen LogP contribution in [0.25, 0.3) is 21.5 Å². The lowest BCUT2D eigenvalue weighted by molar-refractivity contribution is 0.0282. The molecular weight excluding hydrogens is 442 g/mol. The minimum Gasteiger partial charge on any atom is -0.445 e. The third kappa shape index (κ3) is 4.38. The summed E-state index contributed by atoms with van der Waals surface area (Å²) in [6, 6.07) is 29.5. The molecule has 166 valence electrons. The zero-order valence-corrected chi connectivity index (χ0v) is 19.3. The number of aromatic nitrogens is 1. The van der Waals surface area contributed by atoms with Crippen molar-refractivity contribution >= 4 is 34.0 Å². The van der Waals surface area contributed by atoms with Crippen molar-refractivity contribution in [1.82, 2.24) is 4.98 Å². The summed E-state index contributed by atoms with van der Waals surface area (Å²) in [5.74, 6) is -0.831. The van der Waals surface area contributed by atoms with Crippen LogP contribution in [-0.2, 0) is 4.74 Å². The number of thiophene rings is 1. The first-order valence-corrected chi connectivity index (χ1v) is 11.8. The number of carbonyl (C=O) groups is 2. The topological polar surface area (TPSA) is 56.3 Å². The highest BCUT2D eigenvalue weighted by Gasteiger charge is 2.28. The second-order valence-electron chi connectivity index (χ2n) is 7.98. The number of rotatable bonds is 6. The minimum absolute atomic E-state index is 0.267. The van der Waals surface area contributed by atoms with Crippen molar-refractivity contribution < 1.29 is 14.3 Å². The van der Waals surface area contributed by atoms with Gasteiger partial charge in [-0.2, -0.15) is 0 Å². The van der Waals surface area contributed by atoms with Crippen LogP contribution in [-0.4, -0.2) is 16.7 Å². The number of benzene rings is 3. The summed E-state index contributed by atoms with van der Waals surface area (Å²) in [4.78, 5) is 32.7. The van der Waals surface area contributed by atoms with E-state index in [1.54, 1.807) is 41.7 Å². The molecule has 0 radical (unpaired) electrons. The van der Waals surface area contributed by atoms with Crippen molar-refractivity contribution in [2.24, 2.45) is 0 Å². The molecule has 34 heavy (non-hydrogen) atoms. The monoisotopic (exact) mass is 463 g/mol. The maximum Gasteiger partial charge on any atom is 0.339 e. The number of Topliss-reactive ketones (excluding diaryl/α,β-unsaturated/α-hetero) is 1. The van der Waals surface area contributed by atoms with E-state index >= 15 is 0 Å². The molecule has 0 unspecified atom stereocenters. The van der Waals surface area contributed by atoms with Gasteiger partial charge in [-0.25, -0.2) is 9.78 Å². The molecule has 2 heterocycles. The van der Waals surface area contributed by atoms with E-state index in [-0.39, 0.29) is 5.78 Å². The van der Waals surface area contributed by atoms with Crippen molar-refractivity contribution in [3.63, 3.8) is 0 Å². The Morgan fingerprint density at radius 3 is 2.32 bits per heavy atom. The summed E-state index contributed by atoms with van der Waals surface area (Å²) in [7, 11) is 0. The predicted octanol–water partition coefficient (Wildman–Crippen LogP) is 7.05. The molecule has 0 amide bonds. The van der Waals surface area contributed by atoms with Gasteiger partial charge in [0.1, 0.15) is 0 Å². The molecule has 0 aliphatic carbocycles. The molecule has 0 N–H and O–H groups in total. The largest absolute Gasteiger partial charge is 0.445 e. The van der Waals surface area contributed by atoms with Gasteiger partial charge in [0.2, 0.25) is 5.78 Å². The summed E-state index contributed by atoms with van der Waals surface area (Å²) in [5.41, 5.74) is 3.94. The maximum absolute atomic E-state index is 13.6. The van der Waals surface area contributed by atoms with E-state index in [4.69, 9.17) is 9.72 Å². The van der Waals surface area contributed by atoms with E-state index in [0.29, 0.717) is 33.3 Å². The standard InChI is InChI=1S/C29H21NO3S/c1-19-13-15-20(16-14-19)27(31)28(21-8-3-2-4-9-21)33-29(32)23-18-25(26-12-7-17-34-26)30-24-11-6-5-10-22(23)24/h2-18,28H,1H3/t28-/m0/s1. The molecule has 5 aromatic rings. The fourth-order valence-electron chi connectivity index (χ4n) is 3.84. The maximum atomic E-state index is 13.6. The summed E-state index contributed by atoms with van der Waals surface area (Å²) in [5, 5.41) is 2.65. The summed E-state index contributed by atoms with van der Waals surface area (Å²) in [6.07, 6.45) is -1.06. The van der Waals surface area contributed by atoms with E-state index in [1.807, 2.05) is 79.0 Å². The first-order chi connectivity index (χ1) is 16.6. The Morgan fingerprint density at radius 1 is 0.853 bits per heavy atom. The number of hydrogen-bond acceptors (Lipinski definition) is 5. The Kier molecular flexibility index (Phi) is 6.02. The number of aryl methyl sites for hydroxylation is 1. The van der Waals surface area contributed by atoms with E-state index in [2.05, 4.69) is 0 Å². The lowest BCUT2D eigenvalue weighted by Crippen LogP contribution is -2.20. The third-order valence-corrected chi connectivity index (χ3v) is 6.50. The molecule has 0 saturated carbocycles. The Balaban J connectivity index is 1.56. The lowest BCUT2D eigenvalue weighted by atomic mass is 9.99. The van der Waals surface area contributed by atoms with Crippen LogP contribution in [0, 0.1) is 6.92 Å². The number of ketones is 1. The molecule has 0 aliphatic rings. The van der Waals surface area contributed by atoms with Gasteiger partial charge in [-0.05, 0) is 30.5 Å². The number of nitrogens with zero attached hydrogens (tertiary/aromatic N) is 1. The fourth-order valence-corrected chi connectivity index (χ4v) is 4.52. The van der Waals surface area contributed by atoms with Crippen LogP contribution in [0.4, 0.5) is 0 Å². The van der Waals surface area contributed by atoms with Crippen LogP contribution in [0.2, 0.25) is 0 Å². The third-order valence-electron chi connectivity index (χ3n) is 5.61. The quantitative estimate of drug-likeness (QED) is 0.200. The zero-order valence-electron chi connectivity index (χ0n) is 18.5. The van der Waals surface area contributed by atoms with Crippen molar-refractivity contribution in [1.29, 1.82) is 0 Å². The molecule has 1 atom stereocenters. The molecule has 0 spiro atoms. The average Bonchev–Trinajstić information content (AvgIpc) is 3.42. The first kappa shape index (κ1) is 21.7. The molecule has 0 aliphatic heterocycles. The van der Waals surface area contributed by atoms with Crippen LogP contribution in [0.1, 0.15) is 37.9 Å². The SMILES string of the molecule is Cc1ccc(C(=O)[C@@H](OC(=O)c2cc(-c3cccs3)nc3ccccc23)c2ccccc2)cc1. The number of pyridine rings is 1. The highest BCUT2D eigenvalue weighted by Crippen LogP contribution is 2.30. The Labute approximate surface area is 201 Å². The van der Waals surface area contributed by atoms with Gasteiger partial charge in [0.05, 0.1) is 21.7 Å². The van der Waals surface area contributed by atoms with Crippen molar-refractivity contribution in [3.05, 3.63) is 125 Å². The molecule has 0 bridgehead atoms. The Hall–Kier alpha value is -4.09. The summed E-state index contributed by atoms with van der Waals surface area (Å²) in [6.45, 7) is 1.96. The number of carbonyl (C=O) groups excluding carboxylic acids is 2. The van der Waals surface area contributed by atoms with Gasteiger partial charge in [-0.1, -0.05) is 84.4 Å². The molecule has 5 rings (SSSR count). The molecule has 3 aromatic carbocycles.